The Morgan fingerprint density at radius 3 is 2.72 bits per heavy atom. The lowest BCUT2D eigenvalue weighted by molar-refractivity contribution is -0.120. The zero-order valence-corrected chi connectivity index (χ0v) is 17.9. The van der Waals surface area contributed by atoms with Gasteiger partial charge in [0.05, 0.1) is 10.7 Å². The van der Waals surface area contributed by atoms with E-state index in [2.05, 4.69) is 15.2 Å². The van der Waals surface area contributed by atoms with E-state index in [9.17, 15) is 4.79 Å². The topological polar surface area (TPSA) is 68.2 Å². The molecule has 1 aliphatic heterocycles. The van der Waals surface area contributed by atoms with Gasteiger partial charge in [0.2, 0.25) is 23.2 Å². The van der Waals surface area contributed by atoms with Crippen molar-refractivity contribution in [2.24, 2.45) is 0 Å². The van der Waals surface area contributed by atoms with Crippen LogP contribution in [0.2, 0.25) is 10.0 Å². The standard InChI is InChI=1S/C20H16Cl2N4O2S/c1-3-16(27)26-15-7-5-4-6-13(15)17-18(23-20(29-2)25-24-17)28-19(26)12-9-8-11(21)10-14(12)22/h4-10,19H,3H2,1-2H3/t19-/m0/s1. The monoisotopic (exact) mass is 446 g/mol. The maximum atomic E-state index is 13.0. The van der Waals surface area contributed by atoms with Crippen LogP contribution in [-0.4, -0.2) is 27.3 Å². The van der Waals surface area contributed by atoms with Crippen molar-refractivity contribution in [1.82, 2.24) is 15.2 Å². The summed E-state index contributed by atoms with van der Waals surface area (Å²) in [6.07, 6.45) is 1.31. The summed E-state index contributed by atoms with van der Waals surface area (Å²) in [5.41, 5.74) is 2.44. The van der Waals surface area contributed by atoms with Gasteiger partial charge < -0.3 is 4.74 Å². The molecule has 9 heteroatoms. The maximum absolute atomic E-state index is 13.0. The molecule has 0 saturated carbocycles. The Hall–Kier alpha value is -2.35. The van der Waals surface area contributed by atoms with Crippen LogP contribution in [0, 0.1) is 0 Å². The van der Waals surface area contributed by atoms with E-state index in [-0.39, 0.29) is 12.3 Å². The average molecular weight is 447 g/mol. The molecule has 0 bridgehead atoms. The van der Waals surface area contributed by atoms with Gasteiger partial charge >= 0.3 is 0 Å². The van der Waals surface area contributed by atoms with Gasteiger partial charge in [-0.05, 0) is 24.5 Å². The molecule has 0 saturated heterocycles. The third-order valence-corrected chi connectivity index (χ3v) is 5.59. The van der Waals surface area contributed by atoms with Crippen molar-refractivity contribution >= 4 is 46.6 Å². The number of hydrogen-bond donors (Lipinski definition) is 0. The molecule has 0 fully saturated rings. The van der Waals surface area contributed by atoms with Gasteiger partial charge in [0.15, 0.2) is 5.69 Å². The number of carbonyl (C=O) groups is 1. The number of anilines is 1. The maximum Gasteiger partial charge on any atom is 0.247 e. The Balaban J connectivity index is 1.99. The van der Waals surface area contributed by atoms with Crippen LogP contribution in [0.1, 0.15) is 25.1 Å². The zero-order valence-electron chi connectivity index (χ0n) is 15.6. The Morgan fingerprint density at radius 1 is 1.21 bits per heavy atom. The summed E-state index contributed by atoms with van der Waals surface area (Å²) in [5, 5.41) is 9.83. The number of carbonyl (C=O) groups excluding carboxylic acids is 1. The minimum atomic E-state index is -0.832. The summed E-state index contributed by atoms with van der Waals surface area (Å²) < 4.78 is 6.27. The lowest BCUT2D eigenvalue weighted by atomic mass is 10.1. The predicted molar refractivity (Wildman–Crippen MR) is 115 cm³/mol. The first-order valence-corrected chi connectivity index (χ1v) is 10.8. The number of rotatable bonds is 3. The molecule has 4 rings (SSSR count). The zero-order chi connectivity index (χ0) is 20.5. The van der Waals surface area contributed by atoms with Crippen LogP contribution >= 0.6 is 35.0 Å². The Morgan fingerprint density at radius 2 is 2.00 bits per heavy atom. The van der Waals surface area contributed by atoms with E-state index >= 15 is 0 Å². The first-order chi connectivity index (χ1) is 14.0. The van der Waals surface area contributed by atoms with E-state index in [0.717, 1.165) is 0 Å². The van der Waals surface area contributed by atoms with E-state index in [1.165, 1.54) is 11.8 Å². The Labute approximate surface area is 182 Å². The molecule has 0 radical (unpaired) electrons. The van der Waals surface area contributed by atoms with Gasteiger partial charge in [-0.2, -0.15) is 4.98 Å². The van der Waals surface area contributed by atoms with Crippen molar-refractivity contribution in [2.75, 3.05) is 11.2 Å². The molecule has 1 aromatic heterocycles. The van der Waals surface area contributed by atoms with Crippen LogP contribution in [0.15, 0.2) is 47.6 Å². The molecule has 2 heterocycles. The third-order valence-electron chi connectivity index (χ3n) is 4.49. The highest BCUT2D eigenvalue weighted by atomic mass is 35.5. The van der Waals surface area contributed by atoms with E-state index < -0.39 is 6.23 Å². The number of nitrogens with zero attached hydrogens (tertiary/aromatic N) is 4. The molecule has 0 N–H and O–H groups in total. The number of amides is 1. The van der Waals surface area contributed by atoms with Gasteiger partial charge in [-0.3, -0.25) is 9.69 Å². The summed E-state index contributed by atoms with van der Waals surface area (Å²) in [6.45, 7) is 1.80. The van der Waals surface area contributed by atoms with Crippen molar-refractivity contribution in [3.05, 3.63) is 58.1 Å². The van der Waals surface area contributed by atoms with E-state index in [1.54, 1.807) is 30.0 Å². The molecule has 1 aliphatic rings. The Bertz CT molecular complexity index is 1100. The first kappa shape index (κ1) is 19.9. The molecule has 148 valence electrons. The fourth-order valence-corrected chi connectivity index (χ4v) is 3.94. The first-order valence-electron chi connectivity index (χ1n) is 8.85. The largest absolute Gasteiger partial charge is 0.447 e. The van der Waals surface area contributed by atoms with E-state index in [0.29, 0.717) is 43.6 Å². The van der Waals surface area contributed by atoms with Gasteiger partial charge in [-0.1, -0.05) is 66.2 Å². The average Bonchev–Trinajstić information content (AvgIpc) is 2.87. The number of benzene rings is 2. The molecule has 6 nitrogen and oxygen atoms in total. The fraction of sp³-hybridized carbons (Fsp3) is 0.200. The molecule has 0 spiro atoms. The fourth-order valence-electron chi connectivity index (χ4n) is 3.14. The van der Waals surface area contributed by atoms with Crippen LogP contribution in [0.4, 0.5) is 5.69 Å². The van der Waals surface area contributed by atoms with E-state index in [4.69, 9.17) is 27.9 Å². The van der Waals surface area contributed by atoms with Crippen molar-refractivity contribution in [3.63, 3.8) is 0 Å². The molecule has 1 atom stereocenters. The quantitative estimate of drug-likeness (QED) is 0.501. The van der Waals surface area contributed by atoms with Gasteiger partial charge in [-0.25, -0.2) is 0 Å². The number of fused-ring (bicyclic) bond motifs is 3. The third kappa shape index (κ3) is 3.66. The molecule has 29 heavy (non-hydrogen) atoms. The van der Waals surface area contributed by atoms with Crippen molar-refractivity contribution in [2.45, 2.75) is 24.7 Å². The number of thioether (sulfide) groups is 1. The van der Waals surface area contributed by atoms with Crippen molar-refractivity contribution in [1.29, 1.82) is 0 Å². The highest BCUT2D eigenvalue weighted by Gasteiger charge is 2.36. The molecule has 2 aromatic carbocycles. The summed E-state index contributed by atoms with van der Waals surface area (Å²) in [6, 6.07) is 12.5. The van der Waals surface area contributed by atoms with Crippen LogP contribution in [0.3, 0.4) is 0 Å². The second-order valence-electron chi connectivity index (χ2n) is 6.22. The lowest BCUT2D eigenvalue weighted by Gasteiger charge is -2.31. The number of halogens is 2. The smallest absolute Gasteiger partial charge is 0.247 e. The minimum absolute atomic E-state index is 0.126. The van der Waals surface area contributed by atoms with Gasteiger partial charge in [-0.15, -0.1) is 10.2 Å². The predicted octanol–water partition coefficient (Wildman–Crippen LogP) is 5.40. The number of ether oxygens (including phenoxy) is 1. The van der Waals surface area contributed by atoms with Crippen LogP contribution in [-0.2, 0) is 4.79 Å². The second kappa shape index (κ2) is 8.18. The number of aromatic nitrogens is 3. The number of para-hydroxylation sites is 1. The van der Waals surface area contributed by atoms with Crippen molar-refractivity contribution in [3.8, 4) is 17.1 Å². The minimum Gasteiger partial charge on any atom is -0.447 e. The molecule has 3 aromatic rings. The highest BCUT2D eigenvalue weighted by molar-refractivity contribution is 7.98. The summed E-state index contributed by atoms with van der Waals surface area (Å²) in [4.78, 5) is 19.1. The van der Waals surface area contributed by atoms with Crippen LogP contribution < -0.4 is 9.64 Å². The second-order valence-corrected chi connectivity index (χ2v) is 7.84. The molecular formula is C20H16Cl2N4O2S. The summed E-state index contributed by atoms with van der Waals surface area (Å²) >= 11 is 13.9. The van der Waals surface area contributed by atoms with Crippen LogP contribution in [0.25, 0.3) is 11.3 Å². The number of hydrogen-bond acceptors (Lipinski definition) is 6. The van der Waals surface area contributed by atoms with Gasteiger partial charge in [0.25, 0.3) is 0 Å². The highest BCUT2D eigenvalue weighted by Crippen LogP contribution is 2.44. The lowest BCUT2D eigenvalue weighted by Crippen LogP contribution is -2.37. The summed E-state index contributed by atoms with van der Waals surface area (Å²) in [5.74, 6) is 0.165. The molecule has 0 unspecified atom stereocenters. The summed E-state index contributed by atoms with van der Waals surface area (Å²) in [7, 11) is 0. The van der Waals surface area contributed by atoms with Gasteiger partial charge in [0.1, 0.15) is 0 Å². The molecule has 0 aliphatic carbocycles. The molecule has 1 amide bonds. The SMILES string of the molecule is CCC(=O)N1c2ccccc2-c2nnc(SC)nc2O[C@H]1c1ccc(Cl)cc1Cl. The van der Waals surface area contributed by atoms with Crippen molar-refractivity contribution < 1.29 is 9.53 Å². The van der Waals surface area contributed by atoms with Gasteiger partial charge in [0, 0.05) is 22.6 Å². The normalized spacial score (nSPS) is 15.2. The van der Waals surface area contributed by atoms with E-state index in [1.807, 2.05) is 30.5 Å². The Kier molecular flexibility index (Phi) is 5.63. The molecular weight excluding hydrogens is 431 g/mol. The van der Waals surface area contributed by atoms with Crippen LogP contribution in [0.5, 0.6) is 5.88 Å².